The SMILES string of the molecule is CSCC[C@H](NC(=O)c1ccc(COCc2ccc3ccccc3c2)cc1-c1ccccc1C)C(=O)O.[LiH]. The number of hydrogen-bond acceptors (Lipinski definition) is 4. The predicted molar refractivity (Wildman–Crippen MR) is 158 cm³/mol. The van der Waals surface area contributed by atoms with Crippen LogP contribution in [0.2, 0.25) is 0 Å². The first-order valence-corrected chi connectivity index (χ1v) is 13.6. The van der Waals surface area contributed by atoms with E-state index in [1.807, 2.05) is 61.7 Å². The number of amides is 1. The van der Waals surface area contributed by atoms with Crippen LogP contribution in [0.5, 0.6) is 0 Å². The minimum atomic E-state index is -1.03. The average Bonchev–Trinajstić information content (AvgIpc) is 2.91. The van der Waals surface area contributed by atoms with Gasteiger partial charge in [-0.15, -0.1) is 0 Å². The fourth-order valence-electron chi connectivity index (χ4n) is 4.32. The van der Waals surface area contributed by atoms with Gasteiger partial charge in [-0.05, 0) is 82.1 Å². The van der Waals surface area contributed by atoms with Crippen molar-refractivity contribution in [3.63, 3.8) is 0 Å². The number of rotatable bonds is 11. The number of nitrogens with one attached hydrogen (secondary N) is 1. The number of carbonyl (C=O) groups is 2. The second-order valence-electron chi connectivity index (χ2n) is 9.01. The molecule has 0 aliphatic rings. The fraction of sp³-hybridized carbons (Fsp3) is 0.226. The second-order valence-corrected chi connectivity index (χ2v) is 10.0. The Hall–Kier alpha value is -3.01. The molecule has 0 aromatic heterocycles. The Bertz CT molecular complexity index is 1410. The van der Waals surface area contributed by atoms with Crippen LogP contribution in [0, 0.1) is 6.92 Å². The van der Waals surface area contributed by atoms with Crippen LogP contribution in [0.25, 0.3) is 21.9 Å². The zero-order chi connectivity index (χ0) is 26.2. The first kappa shape index (κ1) is 29.5. The van der Waals surface area contributed by atoms with E-state index in [9.17, 15) is 14.7 Å². The Morgan fingerprint density at radius 1 is 0.868 bits per heavy atom. The summed E-state index contributed by atoms with van der Waals surface area (Å²) in [6.07, 6.45) is 2.28. The van der Waals surface area contributed by atoms with Gasteiger partial charge in [0.2, 0.25) is 0 Å². The summed E-state index contributed by atoms with van der Waals surface area (Å²) in [7, 11) is 0. The van der Waals surface area contributed by atoms with Gasteiger partial charge >= 0.3 is 24.8 Å². The Labute approximate surface area is 240 Å². The molecular weight excluding hydrogens is 489 g/mol. The summed E-state index contributed by atoms with van der Waals surface area (Å²) in [6.45, 7) is 2.86. The van der Waals surface area contributed by atoms with Crippen molar-refractivity contribution in [1.29, 1.82) is 0 Å². The number of aryl methyl sites for hydroxylation is 1. The Morgan fingerprint density at radius 3 is 2.24 bits per heavy atom. The van der Waals surface area contributed by atoms with E-state index in [0.29, 0.717) is 31.0 Å². The summed E-state index contributed by atoms with van der Waals surface area (Å²) in [6, 6.07) is 27.1. The molecule has 2 N–H and O–H groups in total. The van der Waals surface area contributed by atoms with Crippen LogP contribution < -0.4 is 5.32 Å². The summed E-state index contributed by atoms with van der Waals surface area (Å²) in [5.74, 6) is -0.774. The number of carboxylic acids is 1. The molecule has 7 heteroatoms. The van der Waals surface area contributed by atoms with E-state index in [0.717, 1.165) is 27.8 Å². The van der Waals surface area contributed by atoms with Crippen LogP contribution in [0.3, 0.4) is 0 Å². The maximum atomic E-state index is 13.2. The fourth-order valence-corrected chi connectivity index (χ4v) is 4.79. The molecule has 38 heavy (non-hydrogen) atoms. The van der Waals surface area contributed by atoms with Crippen molar-refractivity contribution >= 4 is 53.3 Å². The third-order valence-electron chi connectivity index (χ3n) is 6.33. The molecule has 4 aromatic rings. The van der Waals surface area contributed by atoms with Crippen molar-refractivity contribution in [2.24, 2.45) is 0 Å². The standard InChI is InChI=1S/C31H31NO4S.Li.H/c1-21-7-3-6-10-26(21)28-18-23(12-14-27(28)30(33)32-29(31(34)35)15-16-37-2)20-36-19-22-11-13-24-8-4-5-9-25(24)17-22;;/h3-14,17-18,29H,15-16,19-20H2,1-2H3,(H,32,33)(H,34,35);;/t29-;;/m0../s1. The molecule has 0 aliphatic carbocycles. The van der Waals surface area contributed by atoms with Gasteiger partial charge in [-0.2, -0.15) is 11.8 Å². The number of benzene rings is 4. The molecule has 0 bridgehead atoms. The van der Waals surface area contributed by atoms with E-state index < -0.39 is 17.9 Å². The van der Waals surface area contributed by atoms with Crippen LogP contribution in [0.1, 0.15) is 33.5 Å². The van der Waals surface area contributed by atoms with Gasteiger partial charge < -0.3 is 15.2 Å². The zero-order valence-corrected chi connectivity index (χ0v) is 21.9. The summed E-state index contributed by atoms with van der Waals surface area (Å²) in [5.41, 5.74) is 5.20. The number of thioether (sulfide) groups is 1. The van der Waals surface area contributed by atoms with E-state index in [1.165, 1.54) is 10.8 Å². The van der Waals surface area contributed by atoms with Gasteiger partial charge in [0.25, 0.3) is 5.91 Å². The molecule has 0 unspecified atom stereocenters. The van der Waals surface area contributed by atoms with Crippen LogP contribution in [0.15, 0.2) is 84.9 Å². The number of aliphatic carboxylic acids is 1. The van der Waals surface area contributed by atoms with E-state index in [2.05, 4.69) is 35.6 Å². The molecule has 0 heterocycles. The van der Waals surface area contributed by atoms with Crippen LogP contribution in [-0.4, -0.2) is 53.9 Å². The number of fused-ring (bicyclic) bond motifs is 1. The van der Waals surface area contributed by atoms with Crippen LogP contribution in [0.4, 0.5) is 0 Å². The van der Waals surface area contributed by atoms with E-state index in [4.69, 9.17) is 4.74 Å². The average molecular weight is 522 g/mol. The molecule has 0 aliphatic heterocycles. The van der Waals surface area contributed by atoms with Crippen molar-refractivity contribution < 1.29 is 19.4 Å². The summed E-state index contributed by atoms with van der Waals surface area (Å²) < 4.78 is 6.04. The number of hydrogen-bond donors (Lipinski definition) is 2. The third-order valence-corrected chi connectivity index (χ3v) is 6.97. The van der Waals surface area contributed by atoms with Gasteiger partial charge in [-0.25, -0.2) is 4.79 Å². The summed E-state index contributed by atoms with van der Waals surface area (Å²) >= 11 is 1.55. The van der Waals surface area contributed by atoms with E-state index in [1.54, 1.807) is 17.8 Å². The van der Waals surface area contributed by atoms with Gasteiger partial charge in [0.1, 0.15) is 6.04 Å². The van der Waals surface area contributed by atoms with Gasteiger partial charge in [-0.3, -0.25) is 4.79 Å². The van der Waals surface area contributed by atoms with Crippen LogP contribution >= 0.6 is 11.8 Å². The number of carboxylic acid groups (broad SMARTS) is 1. The zero-order valence-electron chi connectivity index (χ0n) is 21.1. The van der Waals surface area contributed by atoms with Gasteiger partial charge in [0.05, 0.1) is 13.2 Å². The third kappa shape index (κ3) is 7.52. The van der Waals surface area contributed by atoms with Gasteiger partial charge in [-0.1, -0.05) is 66.7 Å². The Balaban J connectivity index is 0.00000400. The quantitative estimate of drug-likeness (QED) is 0.243. The van der Waals surface area contributed by atoms with Crippen LogP contribution in [-0.2, 0) is 22.7 Å². The van der Waals surface area contributed by atoms with Crippen molar-refractivity contribution in [2.75, 3.05) is 12.0 Å². The van der Waals surface area contributed by atoms with Crippen molar-refractivity contribution in [1.82, 2.24) is 5.32 Å². The van der Waals surface area contributed by atoms with E-state index >= 15 is 0 Å². The molecule has 1 amide bonds. The van der Waals surface area contributed by atoms with Crippen molar-refractivity contribution in [2.45, 2.75) is 32.6 Å². The molecule has 0 spiro atoms. The first-order chi connectivity index (χ1) is 18.0. The minimum absolute atomic E-state index is 0. The molecule has 4 aromatic carbocycles. The number of carbonyl (C=O) groups excluding carboxylic acids is 1. The topological polar surface area (TPSA) is 75.6 Å². The second kappa shape index (κ2) is 14.2. The molecule has 0 radical (unpaired) electrons. The van der Waals surface area contributed by atoms with Crippen molar-refractivity contribution in [3.05, 3.63) is 107 Å². The Morgan fingerprint density at radius 2 is 1.53 bits per heavy atom. The van der Waals surface area contributed by atoms with Gasteiger partial charge in [0.15, 0.2) is 0 Å². The molecule has 0 fully saturated rings. The van der Waals surface area contributed by atoms with Gasteiger partial charge in [0, 0.05) is 5.56 Å². The molecule has 192 valence electrons. The number of ether oxygens (including phenoxy) is 1. The molecule has 0 saturated carbocycles. The molecule has 4 rings (SSSR count). The first-order valence-electron chi connectivity index (χ1n) is 12.2. The molecular formula is C31H32LiNO4S. The monoisotopic (exact) mass is 521 g/mol. The normalized spacial score (nSPS) is 11.5. The van der Waals surface area contributed by atoms with E-state index in [-0.39, 0.29) is 18.9 Å². The Kier molecular flexibility index (Phi) is 11.1. The summed E-state index contributed by atoms with van der Waals surface area (Å²) in [4.78, 5) is 24.9. The van der Waals surface area contributed by atoms with Crippen molar-refractivity contribution in [3.8, 4) is 11.1 Å². The predicted octanol–water partition coefficient (Wildman–Crippen LogP) is 5.82. The maximum absolute atomic E-state index is 13.2. The molecule has 1 atom stereocenters. The molecule has 5 nitrogen and oxygen atoms in total. The summed E-state index contributed by atoms with van der Waals surface area (Å²) in [5, 5.41) is 14.7. The molecule has 0 saturated heterocycles.